The van der Waals surface area contributed by atoms with E-state index in [1.807, 2.05) is 6.07 Å². The van der Waals surface area contributed by atoms with Crippen molar-refractivity contribution in [1.82, 2.24) is 5.32 Å². The molecule has 0 saturated heterocycles. The van der Waals surface area contributed by atoms with Crippen LogP contribution in [0.3, 0.4) is 0 Å². The summed E-state index contributed by atoms with van der Waals surface area (Å²) in [6, 6.07) is 6.27. The molecule has 0 aliphatic heterocycles. The Morgan fingerprint density at radius 3 is 2.69 bits per heavy atom. The average molecular weight is 238 g/mol. The molecule has 0 heterocycles. The maximum atomic E-state index is 6.19. The largest absolute Gasteiger partial charge is 0.312 e. The summed E-state index contributed by atoms with van der Waals surface area (Å²) in [6.45, 7) is 6.42. The first-order valence-electron chi connectivity index (χ1n) is 6.05. The lowest BCUT2D eigenvalue weighted by Gasteiger charge is -2.38. The molecule has 2 heteroatoms. The van der Waals surface area contributed by atoms with E-state index < -0.39 is 0 Å². The minimum Gasteiger partial charge on any atom is -0.312 e. The van der Waals surface area contributed by atoms with E-state index in [9.17, 15) is 0 Å². The van der Waals surface area contributed by atoms with Crippen LogP contribution in [0.25, 0.3) is 0 Å². The van der Waals surface area contributed by atoms with Crippen LogP contribution in [-0.2, 0) is 6.54 Å². The quantitative estimate of drug-likeness (QED) is 0.837. The van der Waals surface area contributed by atoms with Crippen LogP contribution in [0.4, 0.5) is 0 Å². The Kier molecular flexibility index (Phi) is 3.56. The molecule has 2 rings (SSSR count). The van der Waals surface area contributed by atoms with Crippen LogP contribution in [0.1, 0.15) is 37.3 Å². The molecule has 88 valence electrons. The molecule has 0 aromatic heterocycles. The number of rotatable bonds is 4. The van der Waals surface area contributed by atoms with Crippen molar-refractivity contribution >= 4 is 11.6 Å². The summed E-state index contributed by atoms with van der Waals surface area (Å²) in [7, 11) is 0. The van der Waals surface area contributed by atoms with E-state index in [1.165, 1.54) is 30.4 Å². The molecular weight excluding hydrogens is 218 g/mol. The summed E-state index contributed by atoms with van der Waals surface area (Å²) in [5, 5.41) is 4.40. The smallest absolute Gasteiger partial charge is 0.0453 e. The topological polar surface area (TPSA) is 12.0 Å². The van der Waals surface area contributed by atoms with Gasteiger partial charge in [0.2, 0.25) is 0 Å². The number of nitrogens with one attached hydrogen (secondary N) is 1. The zero-order valence-corrected chi connectivity index (χ0v) is 10.9. The first-order valence-corrected chi connectivity index (χ1v) is 6.43. The van der Waals surface area contributed by atoms with Gasteiger partial charge in [-0.3, -0.25) is 0 Å². The Morgan fingerprint density at radius 1 is 1.38 bits per heavy atom. The first-order chi connectivity index (χ1) is 7.59. The van der Waals surface area contributed by atoms with E-state index in [-0.39, 0.29) is 0 Å². The molecule has 1 nitrogen and oxygen atoms in total. The van der Waals surface area contributed by atoms with Crippen molar-refractivity contribution in [3.05, 3.63) is 34.3 Å². The van der Waals surface area contributed by atoms with Gasteiger partial charge in [-0.25, -0.2) is 0 Å². The summed E-state index contributed by atoms with van der Waals surface area (Å²) in [6.07, 6.45) is 4.12. The van der Waals surface area contributed by atoms with Gasteiger partial charge in [0.1, 0.15) is 0 Å². The Balaban J connectivity index is 1.85. The van der Waals surface area contributed by atoms with Crippen LogP contribution in [0, 0.1) is 12.3 Å². The minimum atomic E-state index is 0.539. The van der Waals surface area contributed by atoms with Gasteiger partial charge in [0, 0.05) is 18.1 Å². The normalized spacial score (nSPS) is 18.2. The van der Waals surface area contributed by atoms with Gasteiger partial charge >= 0.3 is 0 Å². The van der Waals surface area contributed by atoms with E-state index in [4.69, 9.17) is 11.6 Å². The maximum Gasteiger partial charge on any atom is 0.0453 e. The zero-order chi connectivity index (χ0) is 11.6. The summed E-state index contributed by atoms with van der Waals surface area (Å²) < 4.78 is 0. The van der Waals surface area contributed by atoms with Crippen LogP contribution >= 0.6 is 11.6 Å². The van der Waals surface area contributed by atoms with Crippen LogP contribution in [0.2, 0.25) is 5.02 Å². The number of hydrogen-bond donors (Lipinski definition) is 1. The van der Waals surface area contributed by atoms with Crippen LogP contribution < -0.4 is 5.32 Å². The predicted molar refractivity (Wildman–Crippen MR) is 69.9 cm³/mol. The van der Waals surface area contributed by atoms with Crippen LogP contribution in [-0.4, -0.2) is 6.54 Å². The van der Waals surface area contributed by atoms with E-state index in [2.05, 4.69) is 31.3 Å². The van der Waals surface area contributed by atoms with Crippen molar-refractivity contribution < 1.29 is 0 Å². The third-order valence-electron chi connectivity index (χ3n) is 3.64. The zero-order valence-electron chi connectivity index (χ0n) is 10.1. The summed E-state index contributed by atoms with van der Waals surface area (Å²) in [4.78, 5) is 0. The third kappa shape index (κ3) is 2.78. The lowest BCUT2D eigenvalue weighted by molar-refractivity contribution is 0.156. The van der Waals surface area contributed by atoms with Gasteiger partial charge in [0.05, 0.1) is 0 Å². The molecule has 0 amide bonds. The average Bonchev–Trinajstić information content (AvgIpc) is 2.19. The first kappa shape index (κ1) is 11.9. The van der Waals surface area contributed by atoms with Crippen molar-refractivity contribution in [1.29, 1.82) is 0 Å². The fourth-order valence-electron chi connectivity index (χ4n) is 2.25. The minimum absolute atomic E-state index is 0.539. The maximum absolute atomic E-state index is 6.19. The van der Waals surface area contributed by atoms with Gasteiger partial charge in [-0.15, -0.1) is 0 Å². The molecule has 1 aliphatic carbocycles. The highest BCUT2D eigenvalue weighted by molar-refractivity contribution is 6.31. The Morgan fingerprint density at radius 2 is 2.12 bits per heavy atom. The molecule has 0 atom stereocenters. The molecule has 1 aromatic rings. The molecule has 0 bridgehead atoms. The lowest BCUT2D eigenvalue weighted by Crippen LogP contribution is -2.37. The summed E-state index contributed by atoms with van der Waals surface area (Å²) in [5.41, 5.74) is 2.96. The second kappa shape index (κ2) is 4.77. The fraction of sp³-hybridized carbons (Fsp3) is 0.571. The Hall–Kier alpha value is -0.530. The molecule has 1 fully saturated rings. The number of aryl methyl sites for hydroxylation is 1. The van der Waals surface area contributed by atoms with Crippen molar-refractivity contribution in [3.8, 4) is 0 Å². The third-order valence-corrected chi connectivity index (χ3v) is 3.99. The number of halogens is 1. The van der Waals surface area contributed by atoms with E-state index in [1.54, 1.807) is 0 Å². The Bertz CT molecular complexity index is 369. The highest BCUT2D eigenvalue weighted by atomic mass is 35.5. The van der Waals surface area contributed by atoms with Gasteiger partial charge in [-0.2, -0.15) is 0 Å². The second-order valence-corrected chi connectivity index (χ2v) is 5.77. The van der Waals surface area contributed by atoms with Crippen LogP contribution in [0.15, 0.2) is 18.2 Å². The molecule has 16 heavy (non-hydrogen) atoms. The van der Waals surface area contributed by atoms with E-state index in [0.717, 1.165) is 18.1 Å². The van der Waals surface area contributed by atoms with Crippen LogP contribution in [0.5, 0.6) is 0 Å². The van der Waals surface area contributed by atoms with Crippen molar-refractivity contribution in [2.45, 2.75) is 39.7 Å². The molecule has 1 N–H and O–H groups in total. The van der Waals surface area contributed by atoms with E-state index in [0.29, 0.717) is 5.41 Å². The van der Waals surface area contributed by atoms with Gasteiger partial charge in [-0.1, -0.05) is 37.1 Å². The van der Waals surface area contributed by atoms with Gasteiger partial charge < -0.3 is 5.32 Å². The number of hydrogen-bond acceptors (Lipinski definition) is 1. The van der Waals surface area contributed by atoms with Gasteiger partial charge in [0.25, 0.3) is 0 Å². The lowest BCUT2D eigenvalue weighted by atomic mass is 9.70. The Labute approximate surface area is 103 Å². The van der Waals surface area contributed by atoms with Crippen molar-refractivity contribution in [2.75, 3.05) is 6.54 Å². The summed E-state index contributed by atoms with van der Waals surface area (Å²) in [5.74, 6) is 0. The highest BCUT2D eigenvalue weighted by Crippen LogP contribution is 2.39. The standard InChI is InChI=1S/C14H20ClN/c1-11-4-5-12(13(15)8-11)9-16-10-14(2)6-3-7-14/h4-5,8,16H,3,6-7,9-10H2,1-2H3. The monoisotopic (exact) mass is 237 g/mol. The van der Waals surface area contributed by atoms with Crippen molar-refractivity contribution in [3.63, 3.8) is 0 Å². The predicted octanol–water partition coefficient (Wildman–Crippen LogP) is 3.93. The molecule has 0 unspecified atom stereocenters. The van der Waals surface area contributed by atoms with Crippen molar-refractivity contribution in [2.24, 2.45) is 5.41 Å². The SMILES string of the molecule is Cc1ccc(CNCC2(C)CCC2)c(Cl)c1. The molecule has 1 aromatic carbocycles. The molecule has 1 aliphatic rings. The molecule has 1 saturated carbocycles. The second-order valence-electron chi connectivity index (χ2n) is 5.36. The van der Waals surface area contributed by atoms with E-state index >= 15 is 0 Å². The molecule has 0 spiro atoms. The highest BCUT2D eigenvalue weighted by Gasteiger charge is 2.30. The molecule has 0 radical (unpaired) electrons. The fourth-order valence-corrected chi connectivity index (χ4v) is 2.55. The number of benzene rings is 1. The summed E-state index contributed by atoms with van der Waals surface area (Å²) >= 11 is 6.19. The van der Waals surface area contributed by atoms with Gasteiger partial charge in [-0.05, 0) is 42.4 Å². The molecular formula is C14H20ClN. The van der Waals surface area contributed by atoms with Gasteiger partial charge in [0.15, 0.2) is 0 Å².